The lowest BCUT2D eigenvalue weighted by Crippen LogP contribution is -2.46. The van der Waals surface area contributed by atoms with Gasteiger partial charge in [0.1, 0.15) is 0 Å². The van der Waals surface area contributed by atoms with Crippen molar-refractivity contribution in [2.75, 3.05) is 26.7 Å². The number of nitrogens with two attached hydrogens (primary N) is 1. The summed E-state index contributed by atoms with van der Waals surface area (Å²) in [7, 11) is 2.22. The van der Waals surface area contributed by atoms with Gasteiger partial charge in [0, 0.05) is 38.3 Å². The Labute approximate surface area is 145 Å². The molecule has 2 aliphatic rings. The predicted octanol–water partition coefficient (Wildman–Crippen LogP) is 3.04. The maximum atomic E-state index is 6.09. The van der Waals surface area contributed by atoms with Crippen molar-refractivity contribution >= 4 is 0 Å². The molecule has 0 amide bonds. The first-order valence-corrected chi connectivity index (χ1v) is 8.99. The van der Waals surface area contributed by atoms with Crippen molar-refractivity contribution in [1.82, 2.24) is 9.80 Å². The molecule has 0 spiro atoms. The second-order valence-electron chi connectivity index (χ2n) is 7.27. The van der Waals surface area contributed by atoms with Gasteiger partial charge in [0.15, 0.2) is 0 Å². The monoisotopic (exact) mass is 321 g/mol. The average molecular weight is 321 g/mol. The molecule has 3 nitrogen and oxygen atoms in total. The third-order valence-electron chi connectivity index (χ3n) is 5.87. The third kappa shape index (κ3) is 2.57. The van der Waals surface area contributed by atoms with Gasteiger partial charge in [-0.3, -0.25) is 9.80 Å². The molecule has 3 heteroatoms. The Morgan fingerprint density at radius 3 is 2.67 bits per heavy atom. The molecule has 2 aliphatic heterocycles. The van der Waals surface area contributed by atoms with Gasteiger partial charge in [0.25, 0.3) is 0 Å². The van der Waals surface area contributed by atoms with Crippen molar-refractivity contribution in [2.24, 2.45) is 5.73 Å². The normalized spacial score (nSPS) is 24.5. The van der Waals surface area contributed by atoms with Gasteiger partial charge in [-0.1, -0.05) is 42.5 Å². The number of fused-ring (bicyclic) bond motifs is 2. The number of benzene rings is 2. The Morgan fingerprint density at radius 2 is 1.88 bits per heavy atom. The van der Waals surface area contributed by atoms with Crippen LogP contribution in [0.25, 0.3) is 0 Å². The van der Waals surface area contributed by atoms with Crippen LogP contribution in [0.5, 0.6) is 0 Å². The van der Waals surface area contributed by atoms with E-state index in [0.717, 1.165) is 26.1 Å². The van der Waals surface area contributed by atoms with Crippen molar-refractivity contribution in [2.45, 2.75) is 32.0 Å². The molecular weight excluding hydrogens is 294 g/mol. The number of aryl methyl sites for hydroxylation is 1. The summed E-state index contributed by atoms with van der Waals surface area (Å²) in [5, 5.41) is 0. The average Bonchev–Trinajstić information content (AvgIpc) is 2.61. The second-order valence-corrected chi connectivity index (χ2v) is 7.27. The first kappa shape index (κ1) is 15.8. The van der Waals surface area contributed by atoms with E-state index in [-0.39, 0.29) is 0 Å². The summed E-state index contributed by atoms with van der Waals surface area (Å²) >= 11 is 0. The molecule has 4 rings (SSSR count). The zero-order chi connectivity index (χ0) is 16.7. The first-order chi connectivity index (χ1) is 11.7. The topological polar surface area (TPSA) is 32.5 Å². The fourth-order valence-electron chi connectivity index (χ4n) is 4.57. The molecule has 0 radical (unpaired) electrons. The van der Waals surface area contributed by atoms with E-state index >= 15 is 0 Å². The van der Waals surface area contributed by atoms with Crippen molar-refractivity contribution in [3.05, 3.63) is 70.3 Å². The number of rotatable bonds is 2. The molecule has 2 atom stereocenters. The smallest absolute Gasteiger partial charge is 0.0484 e. The lowest BCUT2D eigenvalue weighted by Gasteiger charge is -2.45. The standard InChI is InChI=1S/C21H27N3/c1-15-6-5-9-18-19(12-22)23(2)14-20(21(15)18)24-11-10-16-7-3-4-8-17(16)13-24/h3-9,19-20H,10-14,22H2,1-2H3. The van der Waals surface area contributed by atoms with E-state index in [1.54, 1.807) is 0 Å². The third-order valence-corrected chi connectivity index (χ3v) is 5.87. The van der Waals surface area contributed by atoms with Crippen LogP contribution in [0.4, 0.5) is 0 Å². The molecule has 0 fully saturated rings. The summed E-state index contributed by atoms with van der Waals surface area (Å²) in [5.74, 6) is 0. The van der Waals surface area contributed by atoms with Crippen molar-refractivity contribution in [3.63, 3.8) is 0 Å². The highest BCUT2D eigenvalue weighted by molar-refractivity contribution is 5.42. The highest BCUT2D eigenvalue weighted by Crippen LogP contribution is 2.39. The van der Waals surface area contributed by atoms with Crippen molar-refractivity contribution < 1.29 is 0 Å². The van der Waals surface area contributed by atoms with Gasteiger partial charge in [-0.15, -0.1) is 0 Å². The molecule has 2 aromatic rings. The molecule has 2 aromatic carbocycles. The number of likely N-dealkylation sites (N-methyl/N-ethyl adjacent to an activating group) is 1. The highest BCUT2D eigenvalue weighted by Gasteiger charge is 2.35. The second kappa shape index (κ2) is 6.32. The zero-order valence-corrected chi connectivity index (χ0v) is 14.7. The number of hydrogen-bond donors (Lipinski definition) is 1. The van der Waals surface area contributed by atoms with Gasteiger partial charge in [0.2, 0.25) is 0 Å². The van der Waals surface area contributed by atoms with E-state index in [9.17, 15) is 0 Å². The predicted molar refractivity (Wildman–Crippen MR) is 98.9 cm³/mol. The maximum Gasteiger partial charge on any atom is 0.0484 e. The fraction of sp³-hybridized carbons (Fsp3) is 0.429. The largest absolute Gasteiger partial charge is 0.329 e. The maximum absolute atomic E-state index is 6.09. The molecule has 2 N–H and O–H groups in total. The van der Waals surface area contributed by atoms with Crippen LogP contribution in [-0.4, -0.2) is 36.5 Å². The van der Waals surface area contributed by atoms with Crippen LogP contribution < -0.4 is 5.73 Å². The Bertz CT molecular complexity index is 740. The van der Waals surface area contributed by atoms with Gasteiger partial charge in [-0.2, -0.15) is 0 Å². The minimum absolute atomic E-state index is 0.341. The van der Waals surface area contributed by atoms with Crippen LogP contribution in [0.3, 0.4) is 0 Å². The van der Waals surface area contributed by atoms with Gasteiger partial charge < -0.3 is 5.73 Å². The van der Waals surface area contributed by atoms with Gasteiger partial charge in [0.05, 0.1) is 0 Å². The molecule has 0 aromatic heterocycles. The lowest BCUT2D eigenvalue weighted by molar-refractivity contribution is 0.101. The summed E-state index contributed by atoms with van der Waals surface area (Å²) in [5.41, 5.74) is 13.4. The Kier molecular flexibility index (Phi) is 4.17. The summed E-state index contributed by atoms with van der Waals surface area (Å²) in [6.07, 6.45) is 1.15. The van der Waals surface area contributed by atoms with E-state index in [1.165, 1.54) is 27.8 Å². The minimum atomic E-state index is 0.341. The molecule has 0 aliphatic carbocycles. The van der Waals surface area contributed by atoms with Crippen molar-refractivity contribution in [3.8, 4) is 0 Å². The molecule has 0 saturated carbocycles. The van der Waals surface area contributed by atoms with Crippen LogP contribution >= 0.6 is 0 Å². The van der Waals surface area contributed by atoms with Crippen LogP contribution in [-0.2, 0) is 13.0 Å². The van der Waals surface area contributed by atoms with Crippen LogP contribution in [0.15, 0.2) is 42.5 Å². The lowest BCUT2D eigenvalue weighted by atomic mass is 9.85. The van der Waals surface area contributed by atoms with Crippen LogP contribution in [0.2, 0.25) is 0 Å². The summed E-state index contributed by atoms with van der Waals surface area (Å²) in [4.78, 5) is 5.10. The summed E-state index contributed by atoms with van der Waals surface area (Å²) in [6.45, 7) is 6.18. The van der Waals surface area contributed by atoms with E-state index in [2.05, 4.69) is 66.2 Å². The quantitative estimate of drug-likeness (QED) is 0.923. The van der Waals surface area contributed by atoms with E-state index in [1.807, 2.05) is 0 Å². The molecule has 0 bridgehead atoms. The van der Waals surface area contributed by atoms with Gasteiger partial charge in [-0.05, 0) is 48.2 Å². The summed E-state index contributed by atoms with van der Waals surface area (Å²) < 4.78 is 0. The van der Waals surface area contributed by atoms with E-state index in [4.69, 9.17) is 5.73 Å². The van der Waals surface area contributed by atoms with Gasteiger partial charge in [-0.25, -0.2) is 0 Å². The van der Waals surface area contributed by atoms with Crippen LogP contribution in [0.1, 0.15) is 39.9 Å². The first-order valence-electron chi connectivity index (χ1n) is 8.99. The van der Waals surface area contributed by atoms with Gasteiger partial charge >= 0.3 is 0 Å². The molecule has 2 heterocycles. The molecule has 24 heavy (non-hydrogen) atoms. The fourth-order valence-corrected chi connectivity index (χ4v) is 4.57. The minimum Gasteiger partial charge on any atom is -0.329 e. The number of nitrogens with zero attached hydrogens (tertiary/aromatic N) is 2. The van der Waals surface area contributed by atoms with E-state index < -0.39 is 0 Å². The Balaban J connectivity index is 1.72. The van der Waals surface area contributed by atoms with Crippen molar-refractivity contribution in [1.29, 1.82) is 0 Å². The van der Waals surface area contributed by atoms with E-state index in [0.29, 0.717) is 18.6 Å². The van der Waals surface area contributed by atoms with Crippen LogP contribution in [0, 0.1) is 6.92 Å². The Hall–Kier alpha value is -1.68. The SMILES string of the molecule is Cc1cccc2c1C(N1CCc3ccccc3C1)CN(C)C2CN. The highest BCUT2D eigenvalue weighted by atomic mass is 15.2. The molecule has 2 unspecified atom stereocenters. The summed E-state index contributed by atoms with van der Waals surface area (Å²) in [6, 6.07) is 16.4. The molecular formula is C21H27N3. The zero-order valence-electron chi connectivity index (χ0n) is 14.7. The Morgan fingerprint density at radius 1 is 1.08 bits per heavy atom. The number of hydrogen-bond acceptors (Lipinski definition) is 3. The molecule has 0 saturated heterocycles. The molecule has 126 valence electrons.